The van der Waals surface area contributed by atoms with Crippen molar-refractivity contribution < 1.29 is 0 Å². The van der Waals surface area contributed by atoms with Gasteiger partial charge >= 0.3 is 0 Å². The predicted molar refractivity (Wildman–Crippen MR) is 85.6 cm³/mol. The van der Waals surface area contributed by atoms with E-state index in [2.05, 4.69) is 61.5 Å². The fourth-order valence-corrected chi connectivity index (χ4v) is 1.94. The minimum atomic E-state index is -0.0798. The van der Waals surface area contributed by atoms with Crippen molar-refractivity contribution in [1.29, 1.82) is 0 Å². The summed E-state index contributed by atoms with van der Waals surface area (Å²) in [5, 5.41) is 16.4. The van der Waals surface area contributed by atoms with E-state index in [-0.39, 0.29) is 10.2 Å². The van der Waals surface area contributed by atoms with Crippen LogP contribution in [-0.4, -0.2) is 37.4 Å². The molecule has 0 aromatic carbocycles. The van der Waals surface area contributed by atoms with Gasteiger partial charge in [-0.05, 0) is 32.2 Å². The molecule has 0 aliphatic rings. The molecule has 0 spiro atoms. The Hall–Kier alpha value is -1.30. The first-order valence-corrected chi connectivity index (χ1v) is 7.97. The van der Waals surface area contributed by atoms with E-state index >= 15 is 0 Å². The largest absolute Gasteiger partial charge is 0.367 e. The summed E-state index contributed by atoms with van der Waals surface area (Å²) in [5.41, 5.74) is 0.702. The standard InChI is InChI=1S/C14H23N5S/c1-13(2,3)12-17-16-11-8-7-10(18-19(11)12)15-9-14(4,5)20-6/h7-8H,9H2,1-6H3,(H,15,18). The molecule has 0 atom stereocenters. The van der Waals surface area contributed by atoms with Gasteiger partial charge in [0.25, 0.3) is 0 Å². The van der Waals surface area contributed by atoms with E-state index in [1.165, 1.54) is 0 Å². The van der Waals surface area contributed by atoms with Gasteiger partial charge in [0.1, 0.15) is 5.82 Å². The van der Waals surface area contributed by atoms with Gasteiger partial charge in [0.2, 0.25) is 0 Å². The number of nitrogens with zero attached hydrogens (tertiary/aromatic N) is 4. The highest BCUT2D eigenvalue weighted by Gasteiger charge is 2.22. The van der Waals surface area contributed by atoms with Crippen LogP contribution in [-0.2, 0) is 5.41 Å². The summed E-state index contributed by atoms with van der Waals surface area (Å²) >= 11 is 1.84. The first-order valence-electron chi connectivity index (χ1n) is 6.75. The molecule has 0 saturated carbocycles. The maximum absolute atomic E-state index is 4.61. The van der Waals surface area contributed by atoms with E-state index in [0.29, 0.717) is 0 Å². The highest BCUT2D eigenvalue weighted by atomic mass is 32.2. The molecular weight excluding hydrogens is 270 g/mol. The number of rotatable bonds is 4. The number of hydrogen-bond donors (Lipinski definition) is 1. The van der Waals surface area contributed by atoms with Crippen molar-refractivity contribution in [3.8, 4) is 0 Å². The summed E-state index contributed by atoms with van der Waals surface area (Å²) in [7, 11) is 0. The zero-order valence-electron chi connectivity index (χ0n) is 13.1. The molecule has 0 amide bonds. The number of aromatic nitrogens is 4. The molecule has 1 N–H and O–H groups in total. The van der Waals surface area contributed by atoms with Crippen LogP contribution in [0.5, 0.6) is 0 Å². The van der Waals surface area contributed by atoms with Crippen LogP contribution in [0, 0.1) is 0 Å². The van der Waals surface area contributed by atoms with Crippen molar-refractivity contribution >= 4 is 23.2 Å². The van der Waals surface area contributed by atoms with E-state index in [9.17, 15) is 0 Å². The second-order valence-corrected chi connectivity index (χ2v) is 8.09. The van der Waals surface area contributed by atoms with Gasteiger partial charge in [-0.25, -0.2) is 0 Å². The highest BCUT2D eigenvalue weighted by Crippen LogP contribution is 2.23. The molecular formula is C14H23N5S. The number of anilines is 1. The van der Waals surface area contributed by atoms with Crippen LogP contribution in [0.3, 0.4) is 0 Å². The third-order valence-corrected chi connectivity index (χ3v) is 4.43. The number of nitrogens with one attached hydrogen (secondary N) is 1. The fourth-order valence-electron chi connectivity index (χ4n) is 1.73. The van der Waals surface area contributed by atoms with Crippen molar-refractivity contribution in [2.75, 3.05) is 18.1 Å². The lowest BCUT2D eigenvalue weighted by molar-refractivity contribution is 0.527. The van der Waals surface area contributed by atoms with Gasteiger partial charge in [-0.1, -0.05) is 20.8 Å². The molecule has 2 heterocycles. The fraction of sp³-hybridized carbons (Fsp3) is 0.643. The lowest BCUT2D eigenvalue weighted by atomic mass is 9.96. The monoisotopic (exact) mass is 293 g/mol. The van der Waals surface area contributed by atoms with Gasteiger partial charge in [-0.3, -0.25) is 0 Å². The van der Waals surface area contributed by atoms with E-state index in [0.717, 1.165) is 23.8 Å². The minimum Gasteiger partial charge on any atom is -0.367 e. The predicted octanol–water partition coefficient (Wildman–Crippen LogP) is 2.98. The number of thioether (sulfide) groups is 1. The molecule has 110 valence electrons. The van der Waals surface area contributed by atoms with Gasteiger partial charge in [0.05, 0.1) is 0 Å². The zero-order valence-corrected chi connectivity index (χ0v) is 13.9. The van der Waals surface area contributed by atoms with Gasteiger partial charge in [0.15, 0.2) is 11.5 Å². The summed E-state index contributed by atoms with van der Waals surface area (Å²) in [6, 6.07) is 3.90. The molecule has 6 heteroatoms. The molecule has 2 aromatic heterocycles. The second kappa shape index (κ2) is 5.24. The van der Waals surface area contributed by atoms with Crippen LogP contribution < -0.4 is 5.32 Å². The van der Waals surface area contributed by atoms with Crippen LogP contribution >= 0.6 is 11.8 Å². The van der Waals surface area contributed by atoms with Gasteiger partial charge < -0.3 is 5.32 Å². The first kappa shape index (κ1) is 15.1. The molecule has 0 saturated heterocycles. The Balaban J connectivity index is 2.29. The molecule has 0 radical (unpaired) electrons. The molecule has 5 nitrogen and oxygen atoms in total. The third-order valence-electron chi connectivity index (χ3n) is 3.18. The Morgan fingerprint density at radius 3 is 2.45 bits per heavy atom. The van der Waals surface area contributed by atoms with Gasteiger partial charge in [-0.2, -0.15) is 16.3 Å². The maximum Gasteiger partial charge on any atom is 0.178 e. The molecule has 0 aliphatic carbocycles. The van der Waals surface area contributed by atoms with E-state index < -0.39 is 0 Å². The lowest BCUT2D eigenvalue weighted by Crippen LogP contribution is -2.26. The molecule has 2 aromatic rings. The quantitative estimate of drug-likeness (QED) is 0.939. The van der Waals surface area contributed by atoms with Crippen LogP contribution in [0.1, 0.15) is 40.4 Å². The van der Waals surface area contributed by atoms with Gasteiger partial charge in [0, 0.05) is 16.7 Å². The van der Waals surface area contributed by atoms with Crippen LogP contribution in [0.4, 0.5) is 5.82 Å². The average molecular weight is 293 g/mol. The second-order valence-electron chi connectivity index (χ2n) is 6.58. The van der Waals surface area contributed by atoms with Crippen LogP contribution in [0.25, 0.3) is 5.65 Å². The average Bonchev–Trinajstić information content (AvgIpc) is 2.79. The Morgan fingerprint density at radius 2 is 1.85 bits per heavy atom. The van der Waals surface area contributed by atoms with Gasteiger partial charge in [-0.15, -0.1) is 15.3 Å². The van der Waals surface area contributed by atoms with Crippen LogP contribution in [0.2, 0.25) is 0 Å². The Morgan fingerprint density at radius 1 is 1.15 bits per heavy atom. The summed E-state index contributed by atoms with van der Waals surface area (Å²) in [5.74, 6) is 1.73. The smallest absolute Gasteiger partial charge is 0.178 e. The molecule has 0 bridgehead atoms. The zero-order chi connectivity index (χ0) is 15.0. The van der Waals surface area contributed by atoms with Crippen molar-refractivity contribution in [1.82, 2.24) is 19.8 Å². The summed E-state index contributed by atoms with van der Waals surface area (Å²) in [6.45, 7) is 11.6. The van der Waals surface area contributed by atoms with E-state index in [1.54, 1.807) is 0 Å². The van der Waals surface area contributed by atoms with Crippen LogP contribution in [0.15, 0.2) is 12.1 Å². The normalized spacial score (nSPS) is 12.9. The maximum atomic E-state index is 4.61. The highest BCUT2D eigenvalue weighted by molar-refractivity contribution is 7.99. The number of hydrogen-bond acceptors (Lipinski definition) is 5. The first-order chi connectivity index (χ1) is 9.23. The summed E-state index contributed by atoms with van der Waals surface area (Å²) < 4.78 is 2.01. The third kappa shape index (κ3) is 3.23. The van der Waals surface area contributed by atoms with Crippen molar-refractivity contribution in [2.45, 2.75) is 44.8 Å². The lowest BCUT2D eigenvalue weighted by Gasteiger charge is -2.22. The Bertz CT molecular complexity index is 597. The topological polar surface area (TPSA) is 55.1 Å². The molecule has 20 heavy (non-hydrogen) atoms. The van der Waals surface area contributed by atoms with E-state index in [4.69, 9.17) is 0 Å². The van der Waals surface area contributed by atoms with E-state index in [1.807, 2.05) is 28.4 Å². The molecule has 0 unspecified atom stereocenters. The summed E-state index contributed by atoms with van der Waals surface area (Å²) in [4.78, 5) is 0. The Kier molecular flexibility index (Phi) is 3.95. The Labute approximate surface area is 124 Å². The molecule has 0 fully saturated rings. The number of fused-ring (bicyclic) bond motifs is 1. The molecule has 0 aliphatic heterocycles. The SMILES string of the molecule is CSC(C)(C)CNc1ccc2nnc(C(C)(C)C)n2n1. The minimum absolute atomic E-state index is 0.0798. The molecule has 2 rings (SSSR count). The summed E-state index contributed by atoms with van der Waals surface area (Å²) in [6.07, 6.45) is 2.12. The van der Waals surface area contributed by atoms with Crippen molar-refractivity contribution in [3.63, 3.8) is 0 Å². The van der Waals surface area contributed by atoms with Crippen molar-refractivity contribution in [2.24, 2.45) is 0 Å². The van der Waals surface area contributed by atoms with Crippen molar-refractivity contribution in [3.05, 3.63) is 18.0 Å².